The lowest BCUT2D eigenvalue weighted by Crippen LogP contribution is -2.08. The smallest absolute Gasteiger partial charge is 0.234 e. The molecule has 0 aliphatic carbocycles. The molecule has 4 nitrogen and oxygen atoms in total. The number of nitrogens with zero attached hydrogens (tertiary/aromatic N) is 2. The Morgan fingerprint density at radius 1 is 1.41 bits per heavy atom. The summed E-state index contributed by atoms with van der Waals surface area (Å²) in [6.45, 7) is 3.72. The van der Waals surface area contributed by atoms with Crippen LogP contribution in [-0.4, -0.2) is 24.8 Å². The second-order valence-corrected chi connectivity index (χ2v) is 3.78. The highest BCUT2D eigenvalue weighted by molar-refractivity contribution is 6.32. The number of hydrogen-bond acceptors (Lipinski definition) is 4. The Morgan fingerprint density at radius 3 is 2.94 bits per heavy atom. The molecule has 0 aromatic carbocycles. The molecule has 1 heterocycles. The topological polar surface area (TPSA) is 55.1 Å². The van der Waals surface area contributed by atoms with Crippen LogP contribution in [0, 0.1) is 11.3 Å². The van der Waals surface area contributed by atoms with Crippen molar-refractivity contribution in [2.75, 3.05) is 19.8 Å². The molecule has 0 atom stereocenters. The molecule has 0 radical (unpaired) electrons. The molecular formula is C12H15ClN2O2. The van der Waals surface area contributed by atoms with Gasteiger partial charge in [-0.3, -0.25) is 0 Å². The number of aromatic nitrogens is 1. The van der Waals surface area contributed by atoms with Gasteiger partial charge in [0.1, 0.15) is 17.7 Å². The van der Waals surface area contributed by atoms with E-state index in [1.807, 2.05) is 6.07 Å². The molecule has 1 aromatic heterocycles. The van der Waals surface area contributed by atoms with Gasteiger partial charge in [0.15, 0.2) is 0 Å². The van der Waals surface area contributed by atoms with Crippen molar-refractivity contribution in [1.82, 2.24) is 4.98 Å². The third-order valence-electron chi connectivity index (χ3n) is 2.09. The molecule has 0 N–H and O–H groups in total. The van der Waals surface area contributed by atoms with Crippen molar-refractivity contribution in [3.05, 3.63) is 22.8 Å². The molecule has 0 unspecified atom stereocenters. The van der Waals surface area contributed by atoms with Crippen LogP contribution in [0.2, 0.25) is 5.02 Å². The molecule has 92 valence electrons. The van der Waals surface area contributed by atoms with Crippen molar-refractivity contribution in [3.63, 3.8) is 0 Å². The minimum absolute atomic E-state index is 0.253. The molecule has 0 aliphatic heterocycles. The maximum absolute atomic E-state index is 8.77. The zero-order valence-corrected chi connectivity index (χ0v) is 10.5. The zero-order valence-electron chi connectivity index (χ0n) is 9.78. The highest BCUT2D eigenvalue weighted by Gasteiger charge is 2.07. The predicted octanol–water partition coefficient (Wildman–Crippen LogP) is 2.80. The summed E-state index contributed by atoms with van der Waals surface area (Å²) >= 11 is 5.92. The lowest BCUT2D eigenvalue weighted by Gasteiger charge is -2.07. The van der Waals surface area contributed by atoms with Crippen molar-refractivity contribution in [1.29, 1.82) is 5.26 Å². The molecule has 0 amide bonds. The van der Waals surface area contributed by atoms with Crippen LogP contribution >= 0.6 is 11.6 Å². The Morgan fingerprint density at radius 2 is 2.24 bits per heavy atom. The number of unbranched alkanes of at least 4 members (excludes halogenated alkanes) is 1. The van der Waals surface area contributed by atoms with Gasteiger partial charge in [0, 0.05) is 12.8 Å². The zero-order chi connectivity index (χ0) is 12.5. The van der Waals surface area contributed by atoms with E-state index in [1.54, 1.807) is 6.07 Å². The second kappa shape index (κ2) is 7.88. The van der Waals surface area contributed by atoms with E-state index in [1.165, 1.54) is 6.20 Å². The summed E-state index contributed by atoms with van der Waals surface area (Å²) in [5, 5.41) is 9.02. The van der Waals surface area contributed by atoms with Crippen molar-refractivity contribution < 1.29 is 9.47 Å². The summed E-state index contributed by atoms with van der Waals surface area (Å²) in [4.78, 5) is 3.96. The fourth-order valence-electron chi connectivity index (χ4n) is 1.16. The fraction of sp³-hybridized carbons (Fsp3) is 0.500. The van der Waals surface area contributed by atoms with E-state index in [4.69, 9.17) is 26.3 Å². The third kappa shape index (κ3) is 4.59. The van der Waals surface area contributed by atoms with Gasteiger partial charge in [-0.2, -0.15) is 5.26 Å². The molecule has 0 fully saturated rings. The summed E-state index contributed by atoms with van der Waals surface area (Å²) in [6, 6.07) is 3.52. The monoisotopic (exact) mass is 254 g/mol. The normalized spacial score (nSPS) is 9.94. The van der Waals surface area contributed by atoms with Crippen LogP contribution in [0.4, 0.5) is 0 Å². The molecule has 0 saturated heterocycles. The standard InChI is InChI=1S/C12H15ClN2O2/c1-2-3-6-16-7-8-17-12-11(13)10(9-14)4-5-15-12/h4-5H,2-3,6-8H2,1H3. The van der Waals surface area contributed by atoms with Crippen LogP contribution < -0.4 is 4.74 Å². The minimum Gasteiger partial charge on any atom is -0.474 e. The van der Waals surface area contributed by atoms with Gasteiger partial charge in [0.05, 0.1) is 12.2 Å². The van der Waals surface area contributed by atoms with Gasteiger partial charge in [-0.1, -0.05) is 24.9 Å². The van der Waals surface area contributed by atoms with Gasteiger partial charge in [0.25, 0.3) is 0 Å². The molecule has 0 spiro atoms. The van der Waals surface area contributed by atoms with E-state index in [9.17, 15) is 0 Å². The number of halogens is 1. The fourth-order valence-corrected chi connectivity index (χ4v) is 1.37. The molecule has 0 saturated carbocycles. The van der Waals surface area contributed by atoms with Crippen molar-refractivity contribution in [2.24, 2.45) is 0 Å². The predicted molar refractivity (Wildman–Crippen MR) is 65.2 cm³/mol. The molecule has 0 bridgehead atoms. The molecular weight excluding hydrogens is 240 g/mol. The maximum Gasteiger partial charge on any atom is 0.234 e. The Kier molecular flexibility index (Phi) is 6.38. The van der Waals surface area contributed by atoms with E-state index in [-0.39, 0.29) is 10.9 Å². The van der Waals surface area contributed by atoms with Crippen molar-refractivity contribution in [2.45, 2.75) is 19.8 Å². The maximum atomic E-state index is 8.77. The summed E-state index contributed by atoms with van der Waals surface area (Å²) in [6.07, 6.45) is 3.65. The average Bonchev–Trinajstić information content (AvgIpc) is 2.35. The lowest BCUT2D eigenvalue weighted by molar-refractivity contribution is 0.0965. The van der Waals surface area contributed by atoms with Crippen LogP contribution in [0.5, 0.6) is 5.88 Å². The van der Waals surface area contributed by atoms with E-state index in [0.29, 0.717) is 18.8 Å². The quantitative estimate of drug-likeness (QED) is 0.702. The average molecular weight is 255 g/mol. The number of rotatable bonds is 7. The SMILES string of the molecule is CCCCOCCOc1nccc(C#N)c1Cl. The first-order valence-electron chi connectivity index (χ1n) is 5.54. The highest BCUT2D eigenvalue weighted by Crippen LogP contribution is 2.24. The molecule has 0 aliphatic rings. The third-order valence-corrected chi connectivity index (χ3v) is 2.45. The first-order valence-corrected chi connectivity index (χ1v) is 5.92. The Hall–Kier alpha value is -1.31. The number of hydrogen-bond donors (Lipinski definition) is 0. The Balaban J connectivity index is 2.35. The largest absolute Gasteiger partial charge is 0.474 e. The lowest BCUT2D eigenvalue weighted by atomic mass is 10.3. The van der Waals surface area contributed by atoms with Gasteiger partial charge in [-0.15, -0.1) is 0 Å². The van der Waals surface area contributed by atoms with Crippen LogP contribution in [0.3, 0.4) is 0 Å². The van der Waals surface area contributed by atoms with Crippen molar-refractivity contribution >= 4 is 11.6 Å². The molecule has 5 heteroatoms. The van der Waals surface area contributed by atoms with E-state index < -0.39 is 0 Å². The first kappa shape index (κ1) is 13.8. The summed E-state index contributed by atoms with van der Waals surface area (Å²) in [5.74, 6) is 0.282. The minimum atomic E-state index is 0.253. The number of nitriles is 1. The van der Waals surface area contributed by atoms with Gasteiger partial charge in [-0.25, -0.2) is 4.98 Å². The first-order chi connectivity index (χ1) is 8.29. The van der Waals surface area contributed by atoms with Crippen LogP contribution in [0.25, 0.3) is 0 Å². The van der Waals surface area contributed by atoms with Crippen molar-refractivity contribution in [3.8, 4) is 11.9 Å². The molecule has 17 heavy (non-hydrogen) atoms. The van der Waals surface area contributed by atoms with E-state index >= 15 is 0 Å². The van der Waals surface area contributed by atoms with Gasteiger partial charge in [-0.05, 0) is 12.5 Å². The summed E-state index contributed by atoms with van der Waals surface area (Å²) in [7, 11) is 0. The van der Waals surface area contributed by atoms with Gasteiger partial charge in [0.2, 0.25) is 5.88 Å². The van der Waals surface area contributed by atoms with E-state index in [0.717, 1.165) is 19.4 Å². The van der Waals surface area contributed by atoms with Crippen LogP contribution in [0.15, 0.2) is 12.3 Å². The Labute approximate surface area is 106 Å². The number of ether oxygens (including phenoxy) is 2. The summed E-state index contributed by atoms with van der Waals surface area (Å²) < 4.78 is 10.7. The van der Waals surface area contributed by atoms with E-state index in [2.05, 4.69) is 11.9 Å². The Bertz CT molecular complexity index is 391. The summed E-state index contributed by atoms with van der Waals surface area (Å²) in [5.41, 5.74) is 0.364. The van der Waals surface area contributed by atoms with Crippen LogP contribution in [-0.2, 0) is 4.74 Å². The van der Waals surface area contributed by atoms with Gasteiger partial charge >= 0.3 is 0 Å². The number of pyridine rings is 1. The molecule has 1 aromatic rings. The molecule has 1 rings (SSSR count). The van der Waals surface area contributed by atoms with Gasteiger partial charge < -0.3 is 9.47 Å². The second-order valence-electron chi connectivity index (χ2n) is 3.40. The highest BCUT2D eigenvalue weighted by atomic mass is 35.5. The van der Waals surface area contributed by atoms with Crippen LogP contribution in [0.1, 0.15) is 25.3 Å².